The highest BCUT2D eigenvalue weighted by atomic mass is 16.4. The highest BCUT2D eigenvalue weighted by molar-refractivity contribution is 5.68. The van der Waals surface area contributed by atoms with Crippen molar-refractivity contribution in [3.05, 3.63) is 77.2 Å². The maximum Gasteiger partial charge on any atom is 0.304 e. The molecular formula is C24H28N4O2. The molecule has 4 rings (SSSR count). The Hall–Kier alpha value is -3.15. The van der Waals surface area contributed by atoms with Crippen LogP contribution in [0.3, 0.4) is 0 Å². The molecule has 6 heteroatoms. The lowest BCUT2D eigenvalue weighted by molar-refractivity contribution is -0.137. The third kappa shape index (κ3) is 4.53. The third-order valence-electron chi connectivity index (χ3n) is 5.80. The van der Waals surface area contributed by atoms with Gasteiger partial charge in [0.25, 0.3) is 0 Å². The Labute approximate surface area is 177 Å². The van der Waals surface area contributed by atoms with Gasteiger partial charge in [0.2, 0.25) is 0 Å². The molecule has 3 aromatic rings. The Morgan fingerprint density at radius 2 is 2.00 bits per heavy atom. The van der Waals surface area contributed by atoms with E-state index in [0.717, 1.165) is 48.6 Å². The summed E-state index contributed by atoms with van der Waals surface area (Å²) in [5.74, 6) is 0.202. The van der Waals surface area contributed by atoms with Gasteiger partial charge in [-0.05, 0) is 42.5 Å². The number of aryl methyl sites for hydroxylation is 1. The van der Waals surface area contributed by atoms with E-state index in [4.69, 9.17) is 10.1 Å². The summed E-state index contributed by atoms with van der Waals surface area (Å²) in [5.41, 5.74) is 4.31. The second-order valence-corrected chi connectivity index (χ2v) is 7.90. The standard InChI is InChI=1S/C24H28N4O2/c1-2-20(21-11-10-18-9-6-13-25-24(18)26-21)22-12-14-28(27-22)16-19(15-23(29)30)17-7-4-3-5-8-17/h3-5,7-8,10-12,14,19-20H,2,6,9,13,15-16H2,1H3,(H,25,26)(H,29,30). The van der Waals surface area contributed by atoms with Gasteiger partial charge in [-0.2, -0.15) is 5.10 Å². The van der Waals surface area contributed by atoms with E-state index >= 15 is 0 Å². The van der Waals surface area contributed by atoms with Crippen molar-refractivity contribution in [2.75, 3.05) is 11.9 Å². The molecular weight excluding hydrogens is 376 g/mol. The van der Waals surface area contributed by atoms with Gasteiger partial charge in [0.1, 0.15) is 5.82 Å². The van der Waals surface area contributed by atoms with Crippen LogP contribution in [0, 0.1) is 0 Å². The van der Waals surface area contributed by atoms with Gasteiger partial charge in [0.05, 0.1) is 17.8 Å². The number of anilines is 1. The Balaban J connectivity index is 1.55. The molecule has 0 aliphatic carbocycles. The number of carboxylic acid groups (broad SMARTS) is 1. The summed E-state index contributed by atoms with van der Waals surface area (Å²) >= 11 is 0. The average Bonchev–Trinajstić information content (AvgIpc) is 3.22. The summed E-state index contributed by atoms with van der Waals surface area (Å²) in [6.07, 6.45) is 5.15. The lowest BCUT2D eigenvalue weighted by Gasteiger charge is -2.20. The minimum absolute atomic E-state index is 0.0778. The lowest BCUT2D eigenvalue weighted by Crippen LogP contribution is -2.16. The topological polar surface area (TPSA) is 80.0 Å². The minimum atomic E-state index is -0.798. The molecule has 1 aromatic carbocycles. The van der Waals surface area contributed by atoms with Crippen molar-refractivity contribution in [2.45, 2.75) is 51.0 Å². The minimum Gasteiger partial charge on any atom is -0.481 e. The molecule has 0 amide bonds. The molecule has 0 fully saturated rings. The maximum atomic E-state index is 11.4. The highest BCUT2D eigenvalue weighted by Gasteiger charge is 2.21. The van der Waals surface area contributed by atoms with Crippen molar-refractivity contribution in [1.82, 2.24) is 14.8 Å². The van der Waals surface area contributed by atoms with Gasteiger partial charge in [0, 0.05) is 31.1 Å². The van der Waals surface area contributed by atoms with Gasteiger partial charge in [-0.25, -0.2) is 4.98 Å². The summed E-state index contributed by atoms with van der Waals surface area (Å²) in [6.45, 7) is 3.65. The van der Waals surface area contributed by atoms with Gasteiger partial charge in [-0.3, -0.25) is 9.48 Å². The van der Waals surface area contributed by atoms with Crippen LogP contribution in [0.25, 0.3) is 0 Å². The van der Waals surface area contributed by atoms with E-state index in [1.165, 1.54) is 5.56 Å². The van der Waals surface area contributed by atoms with Crippen molar-refractivity contribution < 1.29 is 9.90 Å². The van der Waals surface area contributed by atoms with Crippen molar-refractivity contribution in [3.8, 4) is 0 Å². The number of pyridine rings is 1. The quantitative estimate of drug-likeness (QED) is 0.580. The number of hydrogen-bond donors (Lipinski definition) is 2. The Morgan fingerprint density at radius 3 is 2.77 bits per heavy atom. The van der Waals surface area contributed by atoms with Crippen LogP contribution >= 0.6 is 0 Å². The van der Waals surface area contributed by atoms with E-state index in [1.807, 2.05) is 47.3 Å². The van der Waals surface area contributed by atoms with Crippen LogP contribution in [0.2, 0.25) is 0 Å². The van der Waals surface area contributed by atoms with E-state index in [1.54, 1.807) is 0 Å². The zero-order chi connectivity index (χ0) is 20.9. The Morgan fingerprint density at radius 1 is 1.17 bits per heavy atom. The van der Waals surface area contributed by atoms with Crippen LogP contribution in [0.5, 0.6) is 0 Å². The molecule has 6 nitrogen and oxygen atoms in total. The van der Waals surface area contributed by atoms with Gasteiger partial charge in [-0.15, -0.1) is 0 Å². The first kappa shape index (κ1) is 20.1. The fourth-order valence-corrected chi connectivity index (χ4v) is 4.22. The van der Waals surface area contributed by atoms with E-state index in [0.29, 0.717) is 6.54 Å². The van der Waals surface area contributed by atoms with Crippen molar-refractivity contribution >= 4 is 11.8 Å². The van der Waals surface area contributed by atoms with Crippen LogP contribution < -0.4 is 5.32 Å². The molecule has 2 atom stereocenters. The number of nitrogens with one attached hydrogen (secondary N) is 1. The monoisotopic (exact) mass is 404 g/mol. The van der Waals surface area contributed by atoms with E-state index < -0.39 is 5.97 Å². The third-order valence-corrected chi connectivity index (χ3v) is 5.80. The van der Waals surface area contributed by atoms with Crippen LogP contribution in [0.4, 0.5) is 5.82 Å². The molecule has 0 radical (unpaired) electrons. The Bertz CT molecular complexity index is 999. The first-order valence-electron chi connectivity index (χ1n) is 10.7. The highest BCUT2D eigenvalue weighted by Crippen LogP contribution is 2.29. The first-order chi connectivity index (χ1) is 14.6. The van der Waals surface area contributed by atoms with Crippen LogP contribution in [-0.4, -0.2) is 32.4 Å². The van der Waals surface area contributed by atoms with E-state index in [2.05, 4.69) is 24.4 Å². The fourth-order valence-electron chi connectivity index (χ4n) is 4.22. The summed E-state index contributed by atoms with van der Waals surface area (Å²) in [7, 11) is 0. The van der Waals surface area contributed by atoms with Crippen molar-refractivity contribution in [1.29, 1.82) is 0 Å². The number of carboxylic acids is 1. The second-order valence-electron chi connectivity index (χ2n) is 7.90. The lowest BCUT2D eigenvalue weighted by atomic mass is 9.96. The van der Waals surface area contributed by atoms with Crippen LogP contribution in [-0.2, 0) is 17.8 Å². The molecule has 2 N–H and O–H groups in total. The summed E-state index contributed by atoms with van der Waals surface area (Å²) in [4.78, 5) is 16.3. The van der Waals surface area contributed by atoms with Gasteiger partial charge in [0.15, 0.2) is 0 Å². The molecule has 2 unspecified atom stereocenters. The maximum absolute atomic E-state index is 11.4. The molecule has 0 bridgehead atoms. The average molecular weight is 405 g/mol. The number of hydrogen-bond acceptors (Lipinski definition) is 4. The predicted molar refractivity (Wildman–Crippen MR) is 117 cm³/mol. The first-order valence-corrected chi connectivity index (χ1v) is 10.7. The molecule has 1 aliphatic heterocycles. The van der Waals surface area contributed by atoms with Gasteiger partial charge >= 0.3 is 5.97 Å². The number of carbonyl (C=O) groups is 1. The number of nitrogens with zero attached hydrogens (tertiary/aromatic N) is 3. The predicted octanol–water partition coefficient (Wildman–Crippen LogP) is 4.44. The number of benzene rings is 1. The second kappa shape index (κ2) is 9.11. The number of rotatable bonds is 8. The largest absolute Gasteiger partial charge is 0.481 e. The molecule has 156 valence electrons. The SMILES string of the molecule is CCC(c1ccc2c(n1)NCCC2)c1ccn(CC(CC(=O)O)c2ccccc2)n1. The molecule has 0 spiro atoms. The zero-order valence-corrected chi connectivity index (χ0v) is 17.3. The number of aliphatic carboxylic acids is 1. The van der Waals surface area contributed by atoms with Crippen molar-refractivity contribution in [2.24, 2.45) is 0 Å². The molecule has 3 heterocycles. The van der Waals surface area contributed by atoms with Gasteiger partial charge < -0.3 is 10.4 Å². The zero-order valence-electron chi connectivity index (χ0n) is 17.3. The Kier molecular flexibility index (Phi) is 6.12. The summed E-state index contributed by atoms with van der Waals surface area (Å²) < 4.78 is 1.87. The van der Waals surface area contributed by atoms with Crippen LogP contribution in [0.15, 0.2) is 54.7 Å². The molecule has 0 saturated heterocycles. The van der Waals surface area contributed by atoms with Crippen LogP contribution in [0.1, 0.15) is 60.5 Å². The normalized spacial score (nSPS) is 15.1. The fraction of sp³-hybridized carbons (Fsp3) is 0.375. The summed E-state index contributed by atoms with van der Waals surface area (Å²) in [6, 6.07) is 16.1. The summed E-state index contributed by atoms with van der Waals surface area (Å²) in [5, 5.41) is 17.6. The van der Waals surface area contributed by atoms with Crippen molar-refractivity contribution in [3.63, 3.8) is 0 Å². The molecule has 0 saturated carbocycles. The van der Waals surface area contributed by atoms with E-state index in [9.17, 15) is 9.90 Å². The molecule has 30 heavy (non-hydrogen) atoms. The molecule has 1 aliphatic rings. The smallest absolute Gasteiger partial charge is 0.304 e. The number of fused-ring (bicyclic) bond motifs is 1. The van der Waals surface area contributed by atoms with E-state index in [-0.39, 0.29) is 18.3 Å². The van der Waals surface area contributed by atoms with Gasteiger partial charge in [-0.1, -0.05) is 43.3 Å². The number of aromatic nitrogens is 3. The molecule has 2 aromatic heterocycles.